The Morgan fingerprint density at radius 1 is 1.18 bits per heavy atom. The van der Waals surface area contributed by atoms with Crippen molar-refractivity contribution < 1.29 is 5.48 Å². The molecule has 0 unspecified atom stereocenters. The van der Waals surface area contributed by atoms with Gasteiger partial charge < -0.3 is 16.1 Å². The molecule has 0 bridgehead atoms. The summed E-state index contributed by atoms with van der Waals surface area (Å²) in [6.45, 7) is 1.91. The van der Waals surface area contributed by atoms with Crippen molar-refractivity contribution in [3.05, 3.63) is 17.3 Å². The fraction of sp³-hybridized carbons (Fsp3) is 0.556. The first-order valence-corrected chi connectivity index (χ1v) is 5.13. The molecule has 0 amide bonds. The standard InChI is InChI=1S/C9H13ClN4.2ClH.H2O/c10-8-1-2-9(13-12-8)14-5-3-7(11)4-6-14;;;/h1-2,7H,3-6,11H2;2*1H;1H2. The zero-order chi connectivity index (χ0) is 9.97. The van der Waals surface area contributed by atoms with Crippen molar-refractivity contribution in [3.8, 4) is 0 Å². The molecule has 1 saturated heterocycles. The Balaban J connectivity index is 0. The molecule has 0 radical (unpaired) electrons. The molecule has 2 heterocycles. The lowest BCUT2D eigenvalue weighted by molar-refractivity contribution is 0.497. The second-order valence-corrected chi connectivity index (χ2v) is 3.93. The van der Waals surface area contributed by atoms with Gasteiger partial charge in [0.05, 0.1) is 0 Å². The van der Waals surface area contributed by atoms with Gasteiger partial charge in [-0.15, -0.1) is 35.0 Å². The zero-order valence-electron chi connectivity index (χ0n) is 9.17. The Labute approximate surface area is 118 Å². The highest BCUT2D eigenvalue weighted by Crippen LogP contribution is 2.16. The van der Waals surface area contributed by atoms with E-state index in [1.807, 2.05) is 6.07 Å². The lowest BCUT2D eigenvalue weighted by atomic mass is 10.1. The lowest BCUT2D eigenvalue weighted by Gasteiger charge is -2.30. The van der Waals surface area contributed by atoms with Crippen LogP contribution >= 0.6 is 36.4 Å². The maximum Gasteiger partial charge on any atom is 0.151 e. The number of anilines is 1. The number of nitrogens with zero attached hydrogens (tertiary/aromatic N) is 3. The van der Waals surface area contributed by atoms with Crippen LogP contribution in [0.2, 0.25) is 5.15 Å². The van der Waals surface area contributed by atoms with Gasteiger partial charge in [-0.25, -0.2) is 0 Å². The molecule has 0 aromatic carbocycles. The van der Waals surface area contributed by atoms with Gasteiger partial charge in [0.1, 0.15) is 0 Å². The molecule has 1 aliphatic heterocycles. The van der Waals surface area contributed by atoms with E-state index in [1.54, 1.807) is 6.07 Å². The average Bonchev–Trinajstić information content (AvgIpc) is 2.21. The Morgan fingerprint density at radius 3 is 2.24 bits per heavy atom. The van der Waals surface area contributed by atoms with Crippen molar-refractivity contribution in [2.75, 3.05) is 18.0 Å². The maximum atomic E-state index is 5.82. The van der Waals surface area contributed by atoms with Crippen LogP contribution in [0.15, 0.2) is 12.1 Å². The zero-order valence-corrected chi connectivity index (χ0v) is 11.6. The maximum absolute atomic E-state index is 5.82. The molecule has 1 aromatic rings. The number of hydrogen-bond donors (Lipinski definition) is 1. The smallest absolute Gasteiger partial charge is 0.151 e. The molecular formula is C9H17Cl3N4O. The largest absolute Gasteiger partial charge is 0.412 e. The van der Waals surface area contributed by atoms with Crippen molar-refractivity contribution in [3.63, 3.8) is 0 Å². The molecule has 1 aromatic heterocycles. The Hall–Kier alpha value is -0.330. The highest BCUT2D eigenvalue weighted by atomic mass is 35.5. The Morgan fingerprint density at radius 2 is 1.76 bits per heavy atom. The lowest BCUT2D eigenvalue weighted by Crippen LogP contribution is -2.40. The summed E-state index contributed by atoms with van der Waals surface area (Å²) in [6, 6.07) is 4.00. The van der Waals surface area contributed by atoms with Crippen LogP contribution in [0, 0.1) is 0 Å². The third-order valence-corrected chi connectivity index (χ3v) is 2.68. The number of halogens is 3. The SMILES string of the molecule is Cl.Cl.NC1CCN(c2ccc(Cl)nn2)CC1.O. The topological polar surface area (TPSA) is 86.5 Å². The molecule has 1 aliphatic rings. The van der Waals surface area contributed by atoms with Gasteiger partial charge in [-0.1, -0.05) is 11.6 Å². The number of rotatable bonds is 1. The molecule has 5 nitrogen and oxygen atoms in total. The summed E-state index contributed by atoms with van der Waals surface area (Å²) >= 11 is 5.66. The van der Waals surface area contributed by atoms with E-state index in [2.05, 4.69) is 15.1 Å². The van der Waals surface area contributed by atoms with Crippen LogP contribution in [0.1, 0.15) is 12.8 Å². The molecule has 17 heavy (non-hydrogen) atoms. The van der Waals surface area contributed by atoms with Gasteiger partial charge in [0.15, 0.2) is 11.0 Å². The normalized spacial score (nSPS) is 15.3. The summed E-state index contributed by atoms with van der Waals surface area (Å²) < 4.78 is 0. The summed E-state index contributed by atoms with van der Waals surface area (Å²) in [5.41, 5.74) is 5.82. The van der Waals surface area contributed by atoms with Crippen LogP contribution in [0.4, 0.5) is 5.82 Å². The molecule has 2 rings (SSSR count). The van der Waals surface area contributed by atoms with Crippen LogP contribution < -0.4 is 10.6 Å². The number of nitrogens with two attached hydrogens (primary N) is 1. The van der Waals surface area contributed by atoms with Gasteiger partial charge in [-0.05, 0) is 25.0 Å². The van der Waals surface area contributed by atoms with E-state index in [4.69, 9.17) is 17.3 Å². The monoisotopic (exact) mass is 302 g/mol. The number of aromatic nitrogens is 2. The molecule has 8 heteroatoms. The molecule has 0 spiro atoms. The molecule has 1 fully saturated rings. The summed E-state index contributed by atoms with van der Waals surface area (Å²) in [7, 11) is 0. The predicted molar refractivity (Wildman–Crippen MR) is 74.6 cm³/mol. The second-order valence-electron chi connectivity index (χ2n) is 3.54. The van der Waals surface area contributed by atoms with Crippen molar-refractivity contribution in [2.24, 2.45) is 5.73 Å². The molecule has 100 valence electrons. The summed E-state index contributed by atoms with van der Waals surface area (Å²) in [5.74, 6) is 0.890. The predicted octanol–water partition coefficient (Wildman–Crippen LogP) is 1.08. The first-order chi connectivity index (χ1) is 6.75. The Bertz CT molecular complexity index is 304. The van der Waals surface area contributed by atoms with Gasteiger partial charge in [-0.2, -0.15) is 0 Å². The van der Waals surface area contributed by atoms with Crippen molar-refractivity contribution >= 4 is 42.2 Å². The van der Waals surface area contributed by atoms with Crippen LogP contribution in [0.5, 0.6) is 0 Å². The average molecular weight is 304 g/mol. The van der Waals surface area contributed by atoms with Gasteiger partial charge in [0.2, 0.25) is 0 Å². The van der Waals surface area contributed by atoms with Gasteiger partial charge in [0, 0.05) is 19.1 Å². The van der Waals surface area contributed by atoms with E-state index in [9.17, 15) is 0 Å². The third kappa shape index (κ3) is 5.23. The summed E-state index contributed by atoms with van der Waals surface area (Å²) in [4.78, 5) is 2.19. The Kier molecular flexibility index (Phi) is 9.75. The van der Waals surface area contributed by atoms with E-state index in [0.29, 0.717) is 11.2 Å². The van der Waals surface area contributed by atoms with Gasteiger partial charge >= 0.3 is 0 Å². The van der Waals surface area contributed by atoms with Crippen LogP contribution in [0.3, 0.4) is 0 Å². The van der Waals surface area contributed by atoms with Crippen molar-refractivity contribution in [2.45, 2.75) is 18.9 Å². The van der Waals surface area contributed by atoms with E-state index in [1.165, 1.54) is 0 Å². The van der Waals surface area contributed by atoms with Crippen LogP contribution in [-0.2, 0) is 0 Å². The van der Waals surface area contributed by atoms with E-state index >= 15 is 0 Å². The highest BCUT2D eigenvalue weighted by Gasteiger charge is 2.17. The minimum Gasteiger partial charge on any atom is -0.412 e. The number of piperidine rings is 1. The third-order valence-electron chi connectivity index (χ3n) is 2.48. The van der Waals surface area contributed by atoms with E-state index < -0.39 is 0 Å². The van der Waals surface area contributed by atoms with E-state index in [-0.39, 0.29) is 30.3 Å². The van der Waals surface area contributed by atoms with Crippen molar-refractivity contribution in [1.82, 2.24) is 10.2 Å². The van der Waals surface area contributed by atoms with Crippen molar-refractivity contribution in [1.29, 1.82) is 0 Å². The summed E-state index contributed by atoms with van der Waals surface area (Å²) in [6.07, 6.45) is 2.04. The van der Waals surface area contributed by atoms with Crippen LogP contribution in [-0.4, -0.2) is 34.8 Å². The van der Waals surface area contributed by atoms with Gasteiger partial charge in [0.25, 0.3) is 0 Å². The first kappa shape index (κ1) is 19.0. The van der Waals surface area contributed by atoms with E-state index in [0.717, 1.165) is 31.7 Å². The van der Waals surface area contributed by atoms with Gasteiger partial charge in [-0.3, -0.25) is 0 Å². The second kappa shape index (κ2) is 8.72. The highest BCUT2D eigenvalue weighted by molar-refractivity contribution is 6.29. The molecule has 0 atom stereocenters. The fourth-order valence-electron chi connectivity index (χ4n) is 1.61. The number of hydrogen-bond acceptors (Lipinski definition) is 4. The minimum absolute atomic E-state index is 0. The minimum atomic E-state index is 0. The van der Waals surface area contributed by atoms with Crippen LogP contribution in [0.25, 0.3) is 0 Å². The molecule has 4 N–H and O–H groups in total. The molecule has 0 saturated carbocycles. The summed E-state index contributed by atoms with van der Waals surface area (Å²) in [5, 5.41) is 8.28. The fourth-order valence-corrected chi connectivity index (χ4v) is 1.71. The molecular weight excluding hydrogens is 286 g/mol. The first-order valence-electron chi connectivity index (χ1n) is 4.75. The quantitative estimate of drug-likeness (QED) is 0.841. The molecule has 0 aliphatic carbocycles.